The summed E-state index contributed by atoms with van der Waals surface area (Å²) in [5, 5.41) is 13.1. The molecule has 1 rings (SSSR count). The van der Waals surface area contributed by atoms with Crippen molar-refractivity contribution in [3.05, 3.63) is 23.8 Å². The first-order chi connectivity index (χ1) is 9.81. The number of hydrogen-bond acceptors (Lipinski definition) is 4. The van der Waals surface area contributed by atoms with Gasteiger partial charge in [-0.1, -0.05) is 19.9 Å². The molecule has 1 aromatic carbocycles. The minimum Gasteiger partial charge on any atom is -0.493 e. The lowest BCUT2D eigenvalue weighted by molar-refractivity contribution is 0.0549. The summed E-state index contributed by atoms with van der Waals surface area (Å²) >= 11 is 0. The third-order valence-corrected chi connectivity index (χ3v) is 3.08. The first-order valence-corrected chi connectivity index (χ1v) is 7.54. The zero-order valence-corrected chi connectivity index (χ0v) is 13.9. The minimum atomic E-state index is -0.719. The highest BCUT2D eigenvalue weighted by Crippen LogP contribution is 2.28. The van der Waals surface area contributed by atoms with E-state index < -0.39 is 5.60 Å². The highest BCUT2D eigenvalue weighted by Gasteiger charge is 2.13. The molecular formula is C17H29NO3. The van der Waals surface area contributed by atoms with Crippen molar-refractivity contribution < 1.29 is 14.6 Å². The van der Waals surface area contributed by atoms with Crippen LogP contribution in [-0.2, 0) is 6.54 Å². The molecule has 0 heterocycles. The van der Waals surface area contributed by atoms with Gasteiger partial charge in [0.15, 0.2) is 11.5 Å². The molecule has 0 aliphatic carbocycles. The second kappa shape index (κ2) is 8.25. The lowest BCUT2D eigenvalue weighted by Crippen LogP contribution is -2.22. The van der Waals surface area contributed by atoms with Crippen molar-refractivity contribution in [2.75, 3.05) is 20.3 Å². The molecule has 0 saturated heterocycles. The van der Waals surface area contributed by atoms with Crippen LogP contribution in [0.25, 0.3) is 0 Å². The summed E-state index contributed by atoms with van der Waals surface area (Å²) in [6, 6.07) is 5.96. The number of ether oxygens (including phenoxy) is 2. The van der Waals surface area contributed by atoms with Crippen molar-refractivity contribution in [3.63, 3.8) is 0 Å². The van der Waals surface area contributed by atoms with E-state index in [0.717, 1.165) is 30.2 Å². The van der Waals surface area contributed by atoms with Crippen LogP contribution in [0, 0.1) is 5.92 Å². The molecule has 0 aliphatic heterocycles. The molecular weight excluding hydrogens is 266 g/mol. The maximum atomic E-state index is 9.72. The third-order valence-electron chi connectivity index (χ3n) is 3.08. The van der Waals surface area contributed by atoms with E-state index in [0.29, 0.717) is 18.9 Å². The fourth-order valence-corrected chi connectivity index (χ4v) is 1.86. The van der Waals surface area contributed by atoms with Gasteiger partial charge in [-0.2, -0.15) is 0 Å². The van der Waals surface area contributed by atoms with Crippen LogP contribution in [-0.4, -0.2) is 31.0 Å². The van der Waals surface area contributed by atoms with Crippen LogP contribution in [0.4, 0.5) is 0 Å². The molecule has 0 fully saturated rings. The van der Waals surface area contributed by atoms with Gasteiger partial charge in [0, 0.05) is 13.0 Å². The first kappa shape index (κ1) is 17.8. The van der Waals surface area contributed by atoms with Gasteiger partial charge >= 0.3 is 0 Å². The van der Waals surface area contributed by atoms with E-state index in [1.165, 1.54) is 0 Å². The lowest BCUT2D eigenvalue weighted by atomic mass is 10.1. The van der Waals surface area contributed by atoms with E-state index in [1.807, 2.05) is 18.2 Å². The average molecular weight is 295 g/mol. The van der Waals surface area contributed by atoms with Crippen molar-refractivity contribution in [1.82, 2.24) is 5.32 Å². The Balaban J connectivity index is 2.62. The quantitative estimate of drug-likeness (QED) is 0.735. The second-order valence-corrected chi connectivity index (χ2v) is 6.42. The van der Waals surface area contributed by atoms with Crippen LogP contribution in [0.1, 0.15) is 39.7 Å². The largest absolute Gasteiger partial charge is 0.493 e. The van der Waals surface area contributed by atoms with Crippen LogP contribution in [0.15, 0.2) is 18.2 Å². The lowest BCUT2D eigenvalue weighted by Gasteiger charge is -2.18. The Hall–Kier alpha value is -1.26. The summed E-state index contributed by atoms with van der Waals surface area (Å²) in [4.78, 5) is 0. The van der Waals surface area contributed by atoms with E-state index in [4.69, 9.17) is 9.47 Å². The van der Waals surface area contributed by atoms with Crippen LogP contribution in [0.2, 0.25) is 0 Å². The molecule has 120 valence electrons. The normalized spacial score (nSPS) is 11.8. The Morgan fingerprint density at radius 3 is 2.52 bits per heavy atom. The van der Waals surface area contributed by atoms with Crippen molar-refractivity contribution >= 4 is 0 Å². The summed E-state index contributed by atoms with van der Waals surface area (Å²) in [6.07, 6.45) is 0.575. The Morgan fingerprint density at radius 2 is 1.95 bits per heavy atom. The Morgan fingerprint density at radius 1 is 1.24 bits per heavy atom. The summed E-state index contributed by atoms with van der Waals surface area (Å²) in [7, 11) is 1.63. The average Bonchev–Trinajstić information content (AvgIpc) is 2.37. The Kier molecular flexibility index (Phi) is 6.99. The van der Waals surface area contributed by atoms with Gasteiger partial charge in [0.25, 0.3) is 0 Å². The van der Waals surface area contributed by atoms with Crippen molar-refractivity contribution in [2.45, 2.75) is 46.3 Å². The van der Waals surface area contributed by atoms with Crippen molar-refractivity contribution in [3.8, 4) is 11.5 Å². The number of nitrogens with one attached hydrogen (secondary N) is 1. The molecule has 0 unspecified atom stereocenters. The van der Waals surface area contributed by atoms with Gasteiger partial charge in [0.1, 0.15) is 0 Å². The van der Waals surface area contributed by atoms with Crippen LogP contribution < -0.4 is 14.8 Å². The van der Waals surface area contributed by atoms with Gasteiger partial charge < -0.3 is 19.9 Å². The zero-order chi connectivity index (χ0) is 15.9. The molecule has 1 aromatic rings. The molecule has 0 saturated carbocycles. The maximum absolute atomic E-state index is 9.72. The zero-order valence-electron chi connectivity index (χ0n) is 13.9. The van der Waals surface area contributed by atoms with E-state index in [2.05, 4.69) is 19.2 Å². The van der Waals surface area contributed by atoms with Gasteiger partial charge in [0.05, 0.1) is 19.3 Å². The van der Waals surface area contributed by atoms with Crippen LogP contribution >= 0.6 is 0 Å². The topological polar surface area (TPSA) is 50.7 Å². The van der Waals surface area contributed by atoms with Crippen LogP contribution in [0.5, 0.6) is 11.5 Å². The molecule has 2 N–H and O–H groups in total. The minimum absolute atomic E-state index is 0.461. The van der Waals surface area contributed by atoms with Crippen LogP contribution in [0.3, 0.4) is 0 Å². The molecule has 21 heavy (non-hydrogen) atoms. The molecule has 0 spiro atoms. The van der Waals surface area contributed by atoms with Gasteiger partial charge in [-0.3, -0.25) is 0 Å². The molecule has 0 aromatic heterocycles. The molecule has 0 atom stereocenters. The van der Waals surface area contributed by atoms with Crippen molar-refractivity contribution in [1.29, 1.82) is 0 Å². The van der Waals surface area contributed by atoms with E-state index in [1.54, 1.807) is 21.0 Å². The fraction of sp³-hybridized carbons (Fsp3) is 0.647. The van der Waals surface area contributed by atoms with E-state index in [9.17, 15) is 5.11 Å². The van der Waals surface area contributed by atoms with E-state index >= 15 is 0 Å². The standard InChI is InChI=1S/C17H29NO3/c1-13(2)11-18-12-14-6-7-15(20-5)16(10-14)21-9-8-17(3,4)19/h6-7,10,13,18-19H,8-9,11-12H2,1-5H3. The predicted octanol–water partition coefficient (Wildman–Crippen LogP) is 2.98. The predicted molar refractivity (Wildman–Crippen MR) is 85.9 cm³/mol. The second-order valence-electron chi connectivity index (χ2n) is 6.42. The summed E-state index contributed by atoms with van der Waals surface area (Å²) in [6.45, 7) is 10.2. The molecule has 0 amide bonds. The number of rotatable bonds is 9. The Labute approximate surface area is 128 Å². The van der Waals surface area contributed by atoms with Gasteiger partial charge in [0.2, 0.25) is 0 Å². The first-order valence-electron chi connectivity index (χ1n) is 7.54. The van der Waals surface area contributed by atoms with E-state index in [-0.39, 0.29) is 0 Å². The third kappa shape index (κ3) is 7.34. The fourth-order valence-electron chi connectivity index (χ4n) is 1.86. The molecule has 4 heteroatoms. The van der Waals surface area contributed by atoms with Gasteiger partial charge in [-0.05, 0) is 44.0 Å². The van der Waals surface area contributed by atoms with Gasteiger partial charge in [-0.25, -0.2) is 0 Å². The molecule has 0 aliphatic rings. The summed E-state index contributed by atoms with van der Waals surface area (Å²) < 4.78 is 11.1. The summed E-state index contributed by atoms with van der Waals surface area (Å²) in [5.41, 5.74) is 0.443. The molecule has 0 radical (unpaired) electrons. The monoisotopic (exact) mass is 295 g/mol. The highest BCUT2D eigenvalue weighted by atomic mass is 16.5. The number of hydrogen-bond donors (Lipinski definition) is 2. The molecule has 4 nitrogen and oxygen atoms in total. The van der Waals surface area contributed by atoms with Gasteiger partial charge in [-0.15, -0.1) is 0 Å². The van der Waals surface area contributed by atoms with Crippen molar-refractivity contribution in [2.24, 2.45) is 5.92 Å². The maximum Gasteiger partial charge on any atom is 0.161 e. The highest BCUT2D eigenvalue weighted by molar-refractivity contribution is 5.42. The SMILES string of the molecule is COc1ccc(CNCC(C)C)cc1OCCC(C)(C)O. The number of methoxy groups -OCH3 is 1. The summed E-state index contributed by atoms with van der Waals surface area (Å²) in [5.74, 6) is 2.08. The Bertz CT molecular complexity index is 425. The molecule has 0 bridgehead atoms. The smallest absolute Gasteiger partial charge is 0.161 e. The number of benzene rings is 1. The number of aliphatic hydroxyl groups is 1.